The highest BCUT2D eigenvalue weighted by Crippen LogP contribution is 2.31. The lowest BCUT2D eigenvalue weighted by molar-refractivity contribution is -0.384. The van der Waals surface area contributed by atoms with Crippen LogP contribution in [0.1, 0.15) is 5.56 Å². The molecule has 2 saturated heterocycles. The summed E-state index contributed by atoms with van der Waals surface area (Å²) in [6, 6.07) is 4.60. The van der Waals surface area contributed by atoms with Gasteiger partial charge in [0.15, 0.2) is 5.11 Å². The van der Waals surface area contributed by atoms with Crippen LogP contribution in [0.15, 0.2) is 36.4 Å². The quantitative estimate of drug-likeness (QED) is 0.197. The zero-order valence-electron chi connectivity index (χ0n) is 14.9. The highest BCUT2D eigenvalue weighted by atomic mass is 32.1. The molecule has 0 aromatic heterocycles. The fraction of sp³-hybridized carbons (Fsp3) is 0.278. The van der Waals surface area contributed by atoms with Crippen LogP contribution in [0, 0.1) is 10.1 Å². The molecule has 0 saturated carbocycles. The smallest absolute Gasteiger partial charge is 0.293 e. The standard InChI is InChI=1S/C18H18N4O5S/c1-2-5-21-17(24)13(16(23)19-18(21)28)10-12-3-4-14(15(11-12)22(25)26)20-6-8-27-9-7-20/h2-4,10-11H,1,5-9H2,(H,19,23,28). The zero-order chi connectivity index (χ0) is 20.3. The first-order chi connectivity index (χ1) is 13.4. The van der Waals surface area contributed by atoms with Crippen LogP contribution in [-0.2, 0) is 14.3 Å². The number of amides is 2. The van der Waals surface area contributed by atoms with Gasteiger partial charge in [0.25, 0.3) is 17.5 Å². The molecule has 1 aromatic carbocycles. The maximum atomic E-state index is 12.6. The van der Waals surface area contributed by atoms with Crippen molar-refractivity contribution in [2.45, 2.75) is 0 Å². The Morgan fingerprint density at radius 3 is 2.68 bits per heavy atom. The van der Waals surface area contributed by atoms with Gasteiger partial charge in [-0.15, -0.1) is 6.58 Å². The van der Waals surface area contributed by atoms with Crippen LogP contribution >= 0.6 is 12.2 Å². The van der Waals surface area contributed by atoms with Gasteiger partial charge in [-0.25, -0.2) is 0 Å². The first kappa shape index (κ1) is 19.6. The Balaban J connectivity index is 1.96. The predicted octanol–water partition coefficient (Wildman–Crippen LogP) is 1.24. The van der Waals surface area contributed by atoms with Crippen molar-refractivity contribution in [3.63, 3.8) is 0 Å². The molecule has 1 aromatic rings. The normalized spacial score (nSPS) is 19.0. The number of nitrogens with zero attached hydrogens (tertiary/aromatic N) is 3. The van der Waals surface area contributed by atoms with Crippen LogP contribution in [0.3, 0.4) is 0 Å². The number of hydrogen-bond donors (Lipinski definition) is 1. The van der Waals surface area contributed by atoms with Crippen LogP contribution in [0.5, 0.6) is 0 Å². The molecule has 0 atom stereocenters. The predicted molar refractivity (Wildman–Crippen MR) is 107 cm³/mol. The molecule has 2 aliphatic rings. The van der Waals surface area contributed by atoms with Crippen LogP contribution < -0.4 is 10.2 Å². The summed E-state index contributed by atoms with van der Waals surface area (Å²) in [7, 11) is 0. The average molecular weight is 402 g/mol. The summed E-state index contributed by atoms with van der Waals surface area (Å²) in [4.78, 5) is 38.9. The van der Waals surface area contributed by atoms with E-state index in [-0.39, 0.29) is 22.9 Å². The average Bonchev–Trinajstić information content (AvgIpc) is 2.69. The summed E-state index contributed by atoms with van der Waals surface area (Å²) in [6.07, 6.45) is 2.81. The summed E-state index contributed by atoms with van der Waals surface area (Å²) in [5.41, 5.74) is 0.597. The van der Waals surface area contributed by atoms with Crippen molar-refractivity contribution in [1.29, 1.82) is 0 Å². The van der Waals surface area contributed by atoms with E-state index in [1.54, 1.807) is 12.1 Å². The van der Waals surface area contributed by atoms with E-state index >= 15 is 0 Å². The summed E-state index contributed by atoms with van der Waals surface area (Å²) in [5, 5.41) is 14.0. The maximum absolute atomic E-state index is 12.6. The molecule has 0 bridgehead atoms. The molecular formula is C18H18N4O5S. The second-order valence-corrected chi connectivity index (χ2v) is 6.51. The number of carbonyl (C=O) groups excluding carboxylic acids is 2. The van der Waals surface area contributed by atoms with Crippen molar-refractivity contribution < 1.29 is 19.2 Å². The highest BCUT2D eigenvalue weighted by molar-refractivity contribution is 7.80. The molecule has 1 N–H and O–H groups in total. The molecule has 2 heterocycles. The van der Waals surface area contributed by atoms with Crippen LogP contribution in [-0.4, -0.2) is 59.6 Å². The van der Waals surface area contributed by atoms with Gasteiger partial charge in [0.1, 0.15) is 11.3 Å². The lowest BCUT2D eigenvalue weighted by Crippen LogP contribution is -2.53. The van der Waals surface area contributed by atoms with E-state index in [2.05, 4.69) is 11.9 Å². The molecule has 2 aliphatic heterocycles. The minimum atomic E-state index is -0.643. The number of rotatable bonds is 5. The summed E-state index contributed by atoms with van der Waals surface area (Å²) in [5.74, 6) is -1.22. The molecule has 2 fully saturated rings. The van der Waals surface area contributed by atoms with Gasteiger partial charge in [0, 0.05) is 25.7 Å². The second kappa shape index (κ2) is 8.28. The lowest BCUT2D eigenvalue weighted by Gasteiger charge is -2.28. The van der Waals surface area contributed by atoms with Gasteiger partial charge in [-0.05, 0) is 29.9 Å². The maximum Gasteiger partial charge on any atom is 0.293 e. The third kappa shape index (κ3) is 3.92. The summed E-state index contributed by atoms with van der Waals surface area (Å²) in [6.45, 7) is 5.80. The Hall–Kier alpha value is -3.11. The molecule has 3 rings (SSSR count). The number of ether oxygens (including phenoxy) is 1. The Morgan fingerprint density at radius 2 is 2.04 bits per heavy atom. The fourth-order valence-electron chi connectivity index (χ4n) is 3.00. The van der Waals surface area contributed by atoms with Crippen molar-refractivity contribution >= 4 is 46.6 Å². The van der Waals surface area contributed by atoms with Gasteiger partial charge < -0.3 is 9.64 Å². The minimum Gasteiger partial charge on any atom is -0.378 e. The molecule has 0 radical (unpaired) electrons. The van der Waals surface area contributed by atoms with E-state index in [0.717, 1.165) is 0 Å². The number of morpholine rings is 1. The monoisotopic (exact) mass is 402 g/mol. The Bertz CT molecular complexity index is 892. The SMILES string of the molecule is C=CCN1C(=O)C(=Cc2ccc(N3CCOCC3)c([N+](=O)[O-])c2)C(=O)NC1=S. The van der Waals surface area contributed by atoms with Gasteiger partial charge in [-0.1, -0.05) is 12.1 Å². The van der Waals surface area contributed by atoms with Crippen molar-refractivity contribution in [2.75, 3.05) is 37.7 Å². The number of nitro groups is 1. The van der Waals surface area contributed by atoms with Crippen LogP contribution in [0.2, 0.25) is 0 Å². The number of nitrogens with one attached hydrogen (secondary N) is 1. The first-order valence-corrected chi connectivity index (χ1v) is 8.94. The first-order valence-electron chi connectivity index (χ1n) is 8.53. The molecule has 28 heavy (non-hydrogen) atoms. The van der Waals surface area contributed by atoms with Gasteiger partial charge in [0.05, 0.1) is 18.1 Å². The van der Waals surface area contributed by atoms with Crippen LogP contribution in [0.4, 0.5) is 11.4 Å². The minimum absolute atomic E-state index is 0.000644. The number of carbonyl (C=O) groups is 2. The van der Waals surface area contributed by atoms with Gasteiger partial charge in [0.2, 0.25) is 0 Å². The van der Waals surface area contributed by atoms with Crippen molar-refractivity contribution in [3.8, 4) is 0 Å². The molecule has 9 nitrogen and oxygen atoms in total. The summed E-state index contributed by atoms with van der Waals surface area (Å²) >= 11 is 5.00. The second-order valence-electron chi connectivity index (χ2n) is 6.13. The Kier molecular flexibility index (Phi) is 5.81. The zero-order valence-corrected chi connectivity index (χ0v) is 15.7. The van der Waals surface area contributed by atoms with Gasteiger partial charge in [-0.2, -0.15) is 0 Å². The molecule has 146 valence electrons. The molecule has 0 unspecified atom stereocenters. The number of thiocarbonyl (C=S) groups is 1. The summed E-state index contributed by atoms with van der Waals surface area (Å²) < 4.78 is 5.28. The van der Waals surface area contributed by atoms with E-state index in [4.69, 9.17) is 17.0 Å². The lowest BCUT2D eigenvalue weighted by atomic mass is 10.1. The highest BCUT2D eigenvalue weighted by Gasteiger charge is 2.33. The molecule has 0 spiro atoms. The number of nitro benzene ring substituents is 1. The van der Waals surface area contributed by atoms with E-state index in [9.17, 15) is 19.7 Å². The topological polar surface area (TPSA) is 105 Å². The molecule has 0 aliphatic carbocycles. The van der Waals surface area contributed by atoms with Gasteiger partial charge in [-0.3, -0.25) is 29.9 Å². The van der Waals surface area contributed by atoms with Crippen molar-refractivity contribution in [3.05, 3.63) is 52.1 Å². The third-order valence-electron chi connectivity index (χ3n) is 4.36. The number of benzene rings is 1. The molecule has 2 amide bonds. The van der Waals surface area contributed by atoms with E-state index in [0.29, 0.717) is 37.6 Å². The van der Waals surface area contributed by atoms with E-state index in [1.807, 2.05) is 4.90 Å². The largest absolute Gasteiger partial charge is 0.378 e. The number of anilines is 1. The van der Waals surface area contributed by atoms with E-state index < -0.39 is 16.7 Å². The fourth-order valence-corrected chi connectivity index (χ4v) is 3.25. The van der Waals surface area contributed by atoms with Gasteiger partial charge >= 0.3 is 0 Å². The molecule has 10 heteroatoms. The third-order valence-corrected chi connectivity index (χ3v) is 4.68. The molecular weight excluding hydrogens is 384 g/mol. The van der Waals surface area contributed by atoms with Crippen molar-refractivity contribution in [1.82, 2.24) is 10.2 Å². The number of hydrogen-bond acceptors (Lipinski definition) is 7. The van der Waals surface area contributed by atoms with E-state index in [1.165, 1.54) is 23.1 Å². The van der Waals surface area contributed by atoms with Crippen molar-refractivity contribution in [2.24, 2.45) is 0 Å². The Morgan fingerprint density at radius 1 is 1.32 bits per heavy atom. The Labute approximate surface area is 166 Å². The van der Waals surface area contributed by atoms with Crippen LogP contribution in [0.25, 0.3) is 6.08 Å².